The minimum Gasteiger partial charge on any atom is -0.507 e. The zero-order valence-electron chi connectivity index (χ0n) is 28.3. The van der Waals surface area contributed by atoms with Gasteiger partial charge in [0.25, 0.3) is 0 Å². The van der Waals surface area contributed by atoms with Crippen molar-refractivity contribution < 1.29 is 43.5 Å². The van der Waals surface area contributed by atoms with Crippen molar-refractivity contribution in [1.82, 2.24) is 5.32 Å². The molecule has 2 aliphatic rings. The number of hydrogen-bond acceptors (Lipinski definition) is 9. The van der Waals surface area contributed by atoms with E-state index in [1.54, 1.807) is 13.8 Å². The molecule has 3 aromatic rings. The number of nitrogens with one attached hydrogen (secondary N) is 2. The number of aromatic hydroxyl groups is 1. The molecule has 0 bridgehead atoms. The lowest BCUT2D eigenvalue weighted by molar-refractivity contribution is -0.131. The number of aryl methyl sites for hydroxylation is 1. The average molecular weight is 661 g/mol. The van der Waals surface area contributed by atoms with Crippen LogP contribution in [0.1, 0.15) is 83.0 Å². The Labute approximate surface area is 280 Å². The molecule has 3 aromatic carbocycles. The number of carbonyl (C=O) groups excluding carboxylic acids is 2. The molecule has 1 heterocycles. The number of methoxy groups -OCH3 is 1. The molecule has 0 radical (unpaired) electrons. The van der Waals surface area contributed by atoms with E-state index < -0.39 is 11.9 Å². The number of benzene rings is 3. The molecule has 0 spiro atoms. The molecule has 0 aromatic heterocycles. The zero-order valence-corrected chi connectivity index (χ0v) is 28.3. The molecule has 1 aliphatic heterocycles. The standard InChI is InChI=1S/C37H44N2O9/c1-19(2)25-12-7-20(3)13-30(25)46-18-31(41)39-16-23-8-10-24(11-9-23)38-17-27-28(40)14-21(4)32-34(27)47-35-26(36(42)43)15-29(45-6)22(5)33(35)48-37(32)44/h8-11,14-15,19-20,25,30,38,40H,7,12-13,16-18H2,1-6H3,(H,39,41)(H,42,43)/t20-,25+,30-/m1/s1. The Bertz CT molecular complexity index is 1700. The van der Waals surface area contributed by atoms with Crippen LogP contribution in [0.5, 0.6) is 28.7 Å². The van der Waals surface area contributed by atoms with Crippen LogP contribution in [0.3, 0.4) is 0 Å². The number of ether oxygens (including phenoxy) is 4. The molecule has 5 rings (SSSR count). The lowest BCUT2D eigenvalue weighted by Crippen LogP contribution is -2.37. The molecule has 1 saturated carbocycles. The highest BCUT2D eigenvalue weighted by molar-refractivity contribution is 6.00. The maximum Gasteiger partial charge on any atom is 0.347 e. The van der Waals surface area contributed by atoms with E-state index in [9.17, 15) is 24.6 Å². The fourth-order valence-electron chi connectivity index (χ4n) is 6.57. The van der Waals surface area contributed by atoms with Gasteiger partial charge in [0, 0.05) is 24.3 Å². The summed E-state index contributed by atoms with van der Waals surface area (Å²) in [5, 5.41) is 27.0. The van der Waals surface area contributed by atoms with Crippen LogP contribution in [0.4, 0.5) is 5.69 Å². The Kier molecular flexibility index (Phi) is 10.5. The van der Waals surface area contributed by atoms with Crippen LogP contribution >= 0.6 is 0 Å². The monoisotopic (exact) mass is 660 g/mol. The van der Waals surface area contributed by atoms with Crippen molar-refractivity contribution in [2.45, 2.75) is 73.1 Å². The summed E-state index contributed by atoms with van der Waals surface area (Å²) in [6.07, 6.45) is 3.42. The highest BCUT2D eigenvalue weighted by Gasteiger charge is 2.34. The number of esters is 1. The quantitative estimate of drug-likeness (QED) is 0.128. The number of phenolic OH excluding ortho intramolecular Hbond substituents is 1. The molecule has 256 valence electrons. The highest BCUT2D eigenvalue weighted by Crippen LogP contribution is 2.48. The molecule has 1 fully saturated rings. The first kappa shape index (κ1) is 34.6. The van der Waals surface area contributed by atoms with Crippen molar-refractivity contribution in [3.8, 4) is 28.7 Å². The molecule has 1 aliphatic carbocycles. The predicted molar refractivity (Wildman–Crippen MR) is 179 cm³/mol. The molecule has 11 nitrogen and oxygen atoms in total. The van der Waals surface area contributed by atoms with Gasteiger partial charge in [-0.2, -0.15) is 0 Å². The van der Waals surface area contributed by atoms with Crippen molar-refractivity contribution in [3.63, 3.8) is 0 Å². The van der Waals surface area contributed by atoms with Crippen LogP contribution < -0.4 is 24.8 Å². The number of fused-ring (bicyclic) bond motifs is 2. The van der Waals surface area contributed by atoms with E-state index in [-0.39, 0.29) is 70.6 Å². The van der Waals surface area contributed by atoms with Crippen molar-refractivity contribution in [2.24, 2.45) is 17.8 Å². The molecule has 0 unspecified atom stereocenters. The summed E-state index contributed by atoms with van der Waals surface area (Å²) in [5.74, 6) is -0.770. The van der Waals surface area contributed by atoms with E-state index >= 15 is 0 Å². The Hall–Kier alpha value is -4.77. The number of carboxylic acids is 1. The molecule has 4 N–H and O–H groups in total. The summed E-state index contributed by atoms with van der Waals surface area (Å²) in [5.41, 5.74) is 2.44. The topological polar surface area (TPSA) is 153 Å². The average Bonchev–Trinajstić information content (AvgIpc) is 3.20. The largest absolute Gasteiger partial charge is 0.507 e. The normalized spacial score (nSPS) is 18.6. The van der Waals surface area contributed by atoms with Gasteiger partial charge in [0.1, 0.15) is 29.2 Å². The third-order valence-corrected chi connectivity index (χ3v) is 9.35. The third-order valence-electron chi connectivity index (χ3n) is 9.35. The minimum absolute atomic E-state index is 0.000215. The maximum absolute atomic E-state index is 13.4. The summed E-state index contributed by atoms with van der Waals surface area (Å²) in [7, 11) is 1.39. The Morgan fingerprint density at radius 3 is 2.42 bits per heavy atom. The van der Waals surface area contributed by atoms with Gasteiger partial charge < -0.3 is 39.8 Å². The van der Waals surface area contributed by atoms with Gasteiger partial charge in [-0.3, -0.25) is 4.79 Å². The van der Waals surface area contributed by atoms with Gasteiger partial charge in [0.05, 0.1) is 18.8 Å². The number of phenols is 1. The molecular formula is C37H44N2O9. The summed E-state index contributed by atoms with van der Waals surface area (Å²) < 4.78 is 23.2. The number of rotatable bonds is 11. The first-order valence-electron chi connectivity index (χ1n) is 16.3. The van der Waals surface area contributed by atoms with Crippen molar-refractivity contribution in [1.29, 1.82) is 0 Å². The number of carbonyl (C=O) groups is 3. The summed E-state index contributed by atoms with van der Waals surface area (Å²) in [6.45, 7) is 10.3. The van der Waals surface area contributed by atoms with Crippen LogP contribution in [-0.4, -0.2) is 47.9 Å². The van der Waals surface area contributed by atoms with Crippen LogP contribution in [0.15, 0.2) is 36.4 Å². The van der Waals surface area contributed by atoms with Gasteiger partial charge >= 0.3 is 11.9 Å². The van der Waals surface area contributed by atoms with E-state index in [1.807, 2.05) is 24.3 Å². The van der Waals surface area contributed by atoms with Gasteiger partial charge in [-0.1, -0.05) is 39.3 Å². The number of amides is 1. The number of anilines is 1. The van der Waals surface area contributed by atoms with Crippen molar-refractivity contribution in [2.75, 3.05) is 19.0 Å². The molecule has 11 heteroatoms. The van der Waals surface area contributed by atoms with E-state index in [0.717, 1.165) is 18.4 Å². The molecular weight excluding hydrogens is 616 g/mol. The lowest BCUT2D eigenvalue weighted by Gasteiger charge is -2.37. The SMILES string of the molecule is COc1cc(C(=O)O)c2c(c1C)OC(=O)c1c(C)cc(O)c(CNc3ccc(CNC(=O)CO[C@@H]4C[C@H](C)CC[C@H]4C(C)C)cc3)c1O2. The Morgan fingerprint density at radius 1 is 1.02 bits per heavy atom. The fourth-order valence-corrected chi connectivity index (χ4v) is 6.57. The maximum atomic E-state index is 13.4. The van der Waals surface area contributed by atoms with E-state index in [4.69, 9.17) is 18.9 Å². The third kappa shape index (κ3) is 7.36. The second kappa shape index (κ2) is 14.6. The van der Waals surface area contributed by atoms with Gasteiger partial charge in [-0.15, -0.1) is 0 Å². The smallest absolute Gasteiger partial charge is 0.347 e. The lowest BCUT2D eigenvalue weighted by atomic mass is 9.75. The molecule has 0 saturated heterocycles. The van der Waals surface area contributed by atoms with Gasteiger partial charge in [0.2, 0.25) is 5.91 Å². The first-order chi connectivity index (χ1) is 22.9. The van der Waals surface area contributed by atoms with E-state index in [0.29, 0.717) is 41.1 Å². The second-order valence-electron chi connectivity index (χ2n) is 13.1. The second-order valence-corrected chi connectivity index (χ2v) is 13.1. The highest BCUT2D eigenvalue weighted by atomic mass is 16.6. The number of aromatic carboxylic acids is 1. The summed E-state index contributed by atoms with van der Waals surface area (Å²) >= 11 is 0. The van der Waals surface area contributed by atoms with Crippen LogP contribution in [0.25, 0.3) is 0 Å². The van der Waals surface area contributed by atoms with Crippen LogP contribution in [0, 0.1) is 31.6 Å². The van der Waals surface area contributed by atoms with Gasteiger partial charge in [0.15, 0.2) is 17.2 Å². The van der Waals surface area contributed by atoms with Crippen molar-refractivity contribution in [3.05, 3.63) is 69.8 Å². The molecule has 3 atom stereocenters. The van der Waals surface area contributed by atoms with Crippen molar-refractivity contribution >= 4 is 23.5 Å². The first-order valence-corrected chi connectivity index (χ1v) is 16.3. The Balaban J connectivity index is 1.26. The predicted octanol–water partition coefficient (Wildman–Crippen LogP) is 6.75. The van der Waals surface area contributed by atoms with Gasteiger partial charge in [-0.05, 0) is 79.8 Å². The number of carboxylic acid groups (broad SMARTS) is 1. The van der Waals surface area contributed by atoms with Crippen LogP contribution in [-0.2, 0) is 22.6 Å². The number of hydrogen-bond donors (Lipinski definition) is 4. The summed E-state index contributed by atoms with van der Waals surface area (Å²) in [4.78, 5) is 38.1. The summed E-state index contributed by atoms with van der Waals surface area (Å²) in [6, 6.07) is 10.2. The molecule has 1 amide bonds. The Morgan fingerprint density at radius 2 is 1.75 bits per heavy atom. The molecule has 48 heavy (non-hydrogen) atoms. The zero-order chi connectivity index (χ0) is 34.7. The minimum atomic E-state index is -1.30. The fraction of sp³-hybridized carbons (Fsp3) is 0.432. The van der Waals surface area contributed by atoms with Gasteiger partial charge in [-0.25, -0.2) is 9.59 Å². The van der Waals surface area contributed by atoms with E-state index in [2.05, 4.69) is 31.4 Å². The van der Waals surface area contributed by atoms with E-state index in [1.165, 1.54) is 25.7 Å². The van der Waals surface area contributed by atoms with Crippen LogP contribution in [0.2, 0.25) is 0 Å².